The lowest BCUT2D eigenvalue weighted by atomic mass is 9.77. The summed E-state index contributed by atoms with van der Waals surface area (Å²) >= 11 is 0. The molecule has 0 heterocycles. The second-order valence-corrected chi connectivity index (χ2v) is 10.9. The summed E-state index contributed by atoms with van der Waals surface area (Å²) in [6.07, 6.45) is -2.66. The number of aliphatic carboxylic acids is 1. The molecule has 0 aromatic heterocycles. The number of carbonyl (C=O) groups excluding carboxylic acids is 1. The Morgan fingerprint density at radius 1 is 0.875 bits per heavy atom. The van der Waals surface area contributed by atoms with E-state index in [0.717, 1.165) is 11.1 Å². The molecule has 1 amide bonds. The lowest BCUT2D eigenvalue weighted by Gasteiger charge is -2.34. The average Bonchev–Trinajstić information content (AvgIpc) is 2.95. The number of hydrogen-bond acceptors (Lipinski definition) is 4. The molecule has 2 atom stereocenters. The Balaban J connectivity index is 1.47. The van der Waals surface area contributed by atoms with Crippen LogP contribution >= 0.6 is 0 Å². The summed E-state index contributed by atoms with van der Waals surface area (Å²) in [7, 11) is -4.24. The third-order valence-corrected chi connectivity index (χ3v) is 8.00. The number of alkyl halides is 3. The zero-order chi connectivity index (χ0) is 29.0. The number of allylic oxidation sites excluding steroid dienone is 3. The molecule has 0 spiro atoms. The minimum atomic E-state index is -5.05. The number of carbonyl (C=O) groups is 2. The van der Waals surface area contributed by atoms with Gasteiger partial charge in [-0.05, 0) is 40.8 Å². The Labute approximate surface area is 229 Å². The third-order valence-electron chi connectivity index (χ3n) is 6.56. The van der Waals surface area contributed by atoms with Gasteiger partial charge in [0, 0.05) is 6.54 Å². The van der Waals surface area contributed by atoms with Gasteiger partial charge >= 0.3 is 12.1 Å². The number of nitrogens with one attached hydrogen (secondary N) is 2. The number of halogens is 3. The van der Waals surface area contributed by atoms with Crippen molar-refractivity contribution in [2.45, 2.75) is 23.5 Å². The van der Waals surface area contributed by atoms with Crippen LogP contribution in [0.2, 0.25) is 0 Å². The monoisotopic (exact) mass is 570 g/mol. The van der Waals surface area contributed by atoms with E-state index in [1.807, 2.05) is 35.6 Å². The summed E-state index contributed by atoms with van der Waals surface area (Å²) in [6, 6.07) is 21.6. The van der Waals surface area contributed by atoms with Crippen molar-refractivity contribution in [3.05, 3.63) is 109 Å². The van der Waals surface area contributed by atoms with E-state index in [9.17, 15) is 36.3 Å². The third kappa shape index (κ3) is 6.16. The van der Waals surface area contributed by atoms with Crippen LogP contribution in [0.25, 0.3) is 16.7 Å². The fraction of sp³-hybridized carbons (Fsp3) is 0.172. The Bertz CT molecular complexity index is 1540. The normalized spacial score (nSPS) is 18.0. The maximum absolute atomic E-state index is 14.2. The molecule has 11 heteroatoms. The standard InChI is InChI=1S/C29H25F3N2O5S/c30-29(31,32)28(17-15-23(16-18-28)21-9-5-2-6-10-21)27(37)34-25(26(35)36)19-33-40(38,39)24-13-11-22(12-14-24)20-7-3-1-4-8-20/h1-17,25,33H,18-19H2,(H,34,37)(H,35,36). The highest BCUT2D eigenvalue weighted by molar-refractivity contribution is 7.89. The van der Waals surface area contributed by atoms with Crippen LogP contribution < -0.4 is 10.0 Å². The zero-order valence-corrected chi connectivity index (χ0v) is 21.7. The molecule has 7 nitrogen and oxygen atoms in total. The van der Waals surface area contributed by atoms with Crippen LogP contribution in [0.4, 0.5) is 13.2 Å². The second kappa shape index (κ2) is 11.5. The number of rotatable bonds is 9. The predicted molar refractivity (Wildman–Crippen MR) is 143 cm³/mol. The Kier molecular flexibility index (Phi) is 8.26. The number of hydrogen-bond donors (Lipinski definition) is 3. The van der Waals surface area contributed by atoms with Gasteiger partial charge in [-0.15, -0.1) is 0 Å². The number of carboxylic acids is 1. The highest BCUT2D eigenvalue weighted by Crippen LogP contribution is 2.46. The van der Waals surface area contributed by atoms with Crippen molar-refractivity contribution in [1.82, 2.24) is 10.0 Å². The van der Waals surface area contributed by atoms with Gasteiger partial charge < -0.3 is 10.4 Å². The Hall–Kier alpha value is -4.22. The molecule has 1 aliphatic carbocycles. The summed E-state index contributed by atoms with van der Waals surface area (Å²) < 4.78 is 70.2. The molecule has 3 aromatic carbocycles. The van der Waals surface area contributed by atoms with Crippen LogP contribution in [0.5, 0.6) is 0 Å². The Morgan fingerprint density at radius 3 is 1.93 bits per heavy atom. The molecule has 0 aliphatic heterocycles. The largest absolute Gasteiger partial charge is 0.480 e. The smallest absolute Gasteiger partial charge is 0.406 e. The van der Waals surface area contributed by atoms with Crippen molar-refractivity contribution in [3.63, 3.8) is 0 Å². The van der Waals surface area contributed by atoms with Gasteiger partial charge in [0.15, 0.2) is 5.41 Å². The predicted octanol–water partition coefficient (Wildman–Crippen LogP) is 4.79. The first-order valence-electron chi connectivity index (χ1n) is 12.1. The summed E-state index contributed by atoms with van der Waals surface area (Å²) in [5.74, 6) is -3.30. The first-order chi connectivity index (χ1) is 18.9. The molecule has 208 valence electrons. The van der Waals surface area contributed by atoms with Gasteiger partial charge in [0.2, 0.25) is 15.9 Å². The SMILES string of the molecule is O=C(O)C(CNS(=O)(=O)c1ccc(-c2ccccc2)cc1)NC(=O)C1(C(F)(F)F)C=CC(c2ccccc2)=CC1. The van der Waals surface area contributed by atoms with Gasteiger partial charge in [-0.1, -0.05) is 91.0 Å². The maximum atomic E-state index is 14.2. The summed E-state index contributed by atoms with van der Waals surface area (Å²) in [5, 5.41) is 11.4. The molecule has 3 N–H and O–H groups in total. The number of sulfonamides is 1. The van der Waals surface area contributed by atoms with Crippen molar-refractivity contribution in [1.29, 1.82) is 0 Å². The lowest BCUT2D eigenvalue weighted by Crippen LogP contribution is -2.56. The second-order valence-electron chi connectivity index (χ2n) is 9.14. The van der Waals surface area contributed by atoms with Crippen molar-refractivity contribution in [2.75, 3.05) is 6.54 Å². The molecule has 1 aliphatic rings. The fourth-order valence-corrected chi connectivity index (χ4v) is 5.26. The van der Waals surface area contributed by atoms with Crippen LogP contribution in [0.15, 0.2) is 108 Å². The van der Waals surface area contributed by atoms with Gasteiger partial charge in [0.05, 0.1) is 4.90 Å². The molecule has 0 bridgehead atoms. The molecular formula is C29H25F3N2O5S. The molecule has 2 unspecified atom stereocenters. The number of amides is 1. The fourth-order valence-electron chi connectivity index (χ4n) is 4.21. The molecule has 0 saturated heterocycles. The van der Waals surface area contributed by atoms with E-state index in [1.54, 1.807) is 42.5 Å². The Morgan fingerprint density at radius 2 is 1.43 bits per heavy atom. The van der Waals surface area contributed by atoms with Crippen molar-refractivity contribution >= 4 is 27.5 Å². The first-order valence-corrected chi connectivity index (χ1v) is 13.6. The molecular weight excluding hydrogens is 545 g/mol. The molecule has 4 rings (SSSR count). The van der Waals surface area contributed by atoms with Crippen molar-refractivity contribution in [3.8, 4) is 11.1 Å². The molecule has 0 saturated carbocycles. The first kappa shape index (κ1) is 28.8. The van der Waals surface area contributed by atoms with Crippen molar-refractivity contribution < 1.29 is 36.3 Å². The van der Waals surface area contributed by atoms with E-state index >= 15 is 0 Å². The summed E-state index contributed by atoms with van der Waals surface area (Å²) in [4.78, 5) is 24.6. The maximum Gasteiger partial charge on any atom is 0.406 e. The average molecular weight is 571 g/mol. The van der Waals surface area contributed by atoms with E-state index in [2.05, 4.69) is 4.72 Å². The zero-order valence-electron chi connectivity index (χ0n) is 20.9. The number of carboxylic acid groups (broad SMARTS) is 1. The van der Waals surface area contributed by atoms with Crippen LogP contribution in [-0.2, 0) is 19.6 Å². The number of benzene rings is 3. The lowest BCUT2D eigenvalue weighted by molar-refractivity contribution is -0.207. The molecule has 0 radical (unpaired) electrons. The minimum Gasteiger partial charge on any atom is -0.480 e. The van der Waals surface area contributed by atoms with E-state index in [0.29, 0.717) is 17.2 Å². The van der Waals surface area contributed by atoms with Crippen LogP contribution in [0, 0.1) is 5.41 Å². The van der Waals surface area contributed by atoms with E-state index in [-0.39, 0.29) is 4.90 Å². The summed E-state index contributed by atoms with van der Waals surface area (Å²) in [6.45, 7) is -0.868. The van der Waals surface area contributed by atoms with E-state index in [4.69, 9.17) is 0 Å². The van der Waals surface area contributed by atoms with Gasteiger partial charge in [-0.25, -0.2) is 17.9 Å². The van der Waals surface area contributed by atoms with Gasteiger partial charge in [0.1, 0.15) is 6.04 Å². The molecule has 3 aromatic rings. The minimum absolute atomic E-state index is 0.178. The highest BCUT2D eigenvalue weighted by atomic mass is 32.2. The van der Waals surface area contributed by atoms with Crippen LogP contribution in [-0.4, -0.2) is 44.2 Å². The quantitative estimate of drug-likeness (QED) is 0.342. The van der Waals surface area contributed by atoms with Crippen LogP contribution in [0.3, 0.4) is 0 Å². The van der Waals surface area contributed by atoms with Gasteiger partial charge in [0.25, 0.3) is 0 Å². The topological polar surface area (TPSA) is 113 Å². The molecule has 0 fully saturated rings. The van der Waals surface area contributed by atoms with E-state index < -0.39 is 52.5 Å². The van der Waals surface area contributed by atoms with Gasteiger partial charge in [-0.2, -0.15) is 13.2 Å². The van der Waals surface area contributed by atoms with Gasteiger partial charge in [-0.3, -0.25) is 4.79 Å². The summed E-state index contributed by atoms with van der Waals surface area (Å²) in [5.41, 5.74) is -0.282. The van der Waals surface area contributed by atoms with E-state index in [1.165, 1.54) is 24.3 Å². The highest BCUT2D eigenvalue weighted by Gasteiger charge is 2.59. The van der Waals surface area contributed by atoms with Crippen LogP contribution in [0.1, 0.15) is 12.0 Å². The molecule has 40 heavy (non-hydrogen) atoms. The van der Waals surface area contributed by atoms with Crippen molar-refractivity contribution in [2.24, 2.45) is 5.41 Å².